The third-order valence-corrected chi connectivity index (χ3v) is 3.15. The molecule has 0 saturated heterocycles. The average molecular weight is 285 g/mol. The molecule has 0 atom stereocenters. The number of hydrogen-bond donors (Lipinski definition) is 0. The first-order chi connectivity index (χ1) is 9.99. The van der Waals surface area contributed by atoms with E-state index in [4.69, 9.17) is 4.74 Å². The van der Waals surface area contributed by atoms with Gasteiger partial charge in [0.1, 0.15) is 12.4 Å². The summed E-state index contributed by atoms with van der Waals surface area (Å²) in [6.45, 7) is 3.45. The van der Waals surface area contributed by atoms with Crippen molar-refractivity contribution in [3.05, 3.63) is 69.3 Å². The average Bonchev–Trinajstić information content (AvgIpc) is 2.46. The molecular formula is C16H15NO4. The Morgan fingerprint density at radius 1 is 1.24 bits per heavy atom. The largest absolute Gasteiger partial charge is 0.488 e. The first-order valence-corrected chi connectivity index (χ1v) is 6.45. The van der Waals surface area contributed by atoms with E-state index in [0.29, 0.717) is 16.9 Å². The van der Waals surface area contributed by atoms with Crippen LogP contribution < -0.4 is 4.74 Å². The van der Waals surface area contributed by atoms with Gasteiger partial charge in [-0.25, -0.2) is 0 Å². The third kappa shape index (κ3) is 3.45. The van der Waals surface area contributed by atoms with Crippen LogP contribution in [0.2, 0.25) is 0 Å². The number of aryl methyl sites for hydroxylation is 1. The maximum absolute atomic E-state index is 11.3. The standard InChI is InChI=1S/C16H15NO4/c1-11-9-13(12(2)18)7-8-16(11)21-10-14-5-3-4-6-15(14)17(19)20/h3-9H,10H2,1-2H3. The topological polar surface area (TPSA) is 69.4 Å². The van der Waals surface area contributed by atoms with Crippen molar-refractivity contribution in [1.82, 2.24) is 0 Å². The second-order valence-corrected chi connectivity index (χ2v) is 4.71. The lowest BCUT2D eigenvalue weighted by molar-refractivity contribution is -0.385. The summed E-state index contributed by atoms with van der Waals surface area (Å²) in [5, 5.41) is 10.9. The van der Waals surface area contributed by atoms with E-state index >= 15 is 0 Å². The van der Waals surface area contributed by atoms with E-state index in [1.54, 1.807) is 36.4 Å². The molecule has 108 valence electrons. The molecule has 5 heteroatoms. The fourth-order valence-corrected chi connectivity index (χ4v) is 2.00. The molecule has 0 aliphatic carbocycles. The molecule has 0 aromatic heterocycles. The van der Waals surface area contributed by atoms with Gasteiger partial charge in [0.2, 0.25) is 0 Å². The summed E-state index contributed by atoms with van der Waals surface area (Å²) in [6.07, 6.45) is 0. The highest BCUT2D eigenvalue weighted by Gasteiger charge is 2.13. The van der Waals surface area contributed by atoms with Crippen LogP contribution in [-0.2, 0) is 6.61 Å². The molecule has 0 aliphatic rings. The van der Waals surface area contributed by atoms with Gasteiger partial charge in [0.15, 0.2) is 5.78 Å². The molecular weight excluding hydrogens is 270 g/mol. The van der Waals surface area contributed by atoms with E-state index < -0.39 is 4.92 Å². The monoisotopic (exact) mass is 285 g/mol. The minimum absolute atomic E-state index is 0.0108. The van der Waals surface area contributed by atoms with Crippen molar-refractivity contribution >= 4 is 11.5 Å². The Balaban J connectivity index is 2.17. The molecule has 0 radical (unpaired) electrons. The molecule has 0 saturated carbocycles. The van der Waals surface area contributed by atoms with Crippen molar-refractivity contribution in [2.24, 2.45) is 0 Å². The van der Waals surface area contributed by atoms with Gasteiger partial charge in [-0.2, -0.15) is 0 Å². The van der Waals surface area contributed by atoms with Gasteiger partial charge in [-0.05, 0) is 43.7 Å². The van der Waals surface area contributed by atoms with Crippen molar-refractivity contribution in [2.45, 2.75) is 20.5 Å². The van der Waals surface area contributed by atoms with Crippen molar-refractivity contribution in [2.75, 3.05) is 0 Å². The summed E-state index contributed by atoms with van der Waals surface area (Å²) < 4.78 is 5.63. The SMILES string of the molecule is CC(=O)c1ccc(OCc2ccccc2[N+](=O)[O-])c(C)c1. The number of rotatable bonds is 5. The molecule has 2 aromatic rings. The number of hydrogen-bond acceptors (Lipinski definition) is 4. The van der Waals surface area contributed by atoms with Gasteiger partial charge < -0.3 is 4.74 Å². The van der Waals surface area contributed by atoms with Crippen molar-refractivity contribution in [3.8, 4) is 5.75 Å². The first-order valence-electron chi connectivity index (χ1n) is 6.45. The zero-order chi connectivity index (χ0) is 15.4. The molecule has 0 aliphatic heterocycles. The van der Waals surface area contributed by atoms with Gasteiger partial charge in [0.05, 0.1) is 10.5 Å². The van der Waals surface area contributed by atoms with E-state index in [2.05, 4.69) is 0 Å². The summed E-state index contributed by atoms with van der Waals surface area (Å²) >= 11 is 0. The minimum Gasteiger partial charge on any atom is -0.488 e. The van der Waals surface area contributed by atoms with Gasteiger partial charge in [0.25, 0.3) is 5.69 Å². The predicted octanol–water partition coefficient (Wildman–Crippen LogP) is 3.68. The second-order valence-electron chi connectivity index (χ2n) is 4.71. The Kier molecular flexibility index (Phi) is 4.33. The summed E-state index contributed by atoms with van der Waals surface area (Å²) in [5.74, 6) is 0.599. The molecule has 21 heavy (non-hydrogen) atoms. The Bertz CT molecular complexity index is 694. The van der Waals surface area contributed by atoms with Crippen molar-refractivity contribution in [1.29, 1.82) is 0 Å². The van der Waals surface area contributed by atoms with Crippen LogP contribution in [0.4, 0.5) is 5.69 Å². The van der Waals surface area contributed by atoms with Gasteiger partial charge in [-0.3, -0.25) is 14.9 Å². The Labute approximate surface area is 122 Å². The van der Waals surface area contributed by atoms with Crippen LogP contribution >= 0.6 is 0 Å². The fraction of sp³-hybridized carbons (Fsp3) is 0.188. The van der Waals surface area contributed by atoms with Crippen LogP contribution in [0.1, 0.15) is 28.4 Å². The summed E-state index contributed by atoms with van der Waals surface area (Å²) in [6, 6.07) is 11.6. The highest BCUT2D eigenvalue weighted by Crippen LogP contribution is 2.23. The molecule has 0 spiro atoms. The maximum atomic E-state index is 11.3. The van der Waals surface area contributed by atoms with E-state index in [0.717, 1.165) is 5.56 Å². The van der Waals surface area contributed by atoms with E-state index in [9.17, 15) is 14.9 Å². The Morgan fingerprint density at radius 3 is 2.57 bits per heavy atom. The summed E-state index contributed by atoms with van der Waals surface area (Å²) in [5.41, 5.74) is 1.99. The quantitative estimate of drug-likeness (QED) is 0.477. The molecule has 0 amide bonds. The van der Waals surface area contributed by atoms with Gasteiger partial charge >= 0.3 is 0 Å². The number of nitro benzene ring substituents is 1. The molecule has 5 nitrogen and oxygen atoms in total. The number of ketones is 1. The van der Waals surface area contributed by atoms with Crippen LogP contribution in [0, 0.1) is 17.0 Å². The predicted molar refractivity (Wildman–Crippen MR) is 78.6 cm³/mol. The normalized spacial score (nSPS) is 10.2. The van der Waals surface area contributed by atoms with Crippen molar-refractivity contribution in [3.63, 3.8) is 0 Å². The summed E-state index contributed by atoms with van der Waals surface area (Å²) in [4.78, 5) is 21.8. The molecule has 0 bridgehead atoms. The number of benzene rings is 2. The molecule has 2 rings (SSSR count). The number of Topliss-reactive ketones (excluding diaryl/α,β-unsaturated/α-hetero) is 1. The molecule has 0 fully saturated rings. The van der Waals surface area contributed by atoms with Crippen molar-refractivity contribution < 1.29 is 14.5 Å². The highest BCUT2D eigenvalue weighted by molar-refractivity contribution is 5.94. The number of para-hydroxylation sites is 1. The fourth-order valence-electron chi connectivity index (χ4n) is 2.00. The van der Waals surface area contributed by atoms with Crippen LogP contribution in [0.3, 0.4) is 0 Å². The van der Waals surface area contributed by atoms with Crippen LogP contribution in [-0.4, -0.2) is 10.7 Å². The van der Waals surface area contributed by atoms with Crippen LogP contribution in [0.25, 0.3) is 0 Å². The minimum atomic E-state index is -0.426. The third-order valence-electron chi connectivity index (χ3n) is 3.15. The van der Waals surface area contributed by atoms with Crippen LogP contribution in [0.5, 0.6) is 5.75 Å². The smallest absolute Gasteiger partial charge is 0.276 e. The summed E-state index contributed by atoms with van der Waals surface area (Å²) in [7, 11) is 0. The second kappa shape index (κ2) is 6.17. The zero-order valence-corrected chi connectivity index (χ0v) is 11.8. The molecule has 2 aromatic carbocycles. The highest BCUT2D eigenvalue weighted by atomic mass is 16.6. The number of nitro groups is 1. The maximum Gasteiger partial charge on any atom is 0.276 e. The lowest BCUT2D eigenvalue weighted by Crippen LogP contribution is -2.02. The molecule has 0 N–H and O–H groups in total. The lowest BCUT2D eigenvalue weighted by atomic mass is 10.1. The number of ether oxygens (including phenoxy) is 1. The Hall–Kier alpha value is -2.69. The van der Waals surface area contributed by atoms with Gasteiger partial charge in [0, 0.05) is 11.6 Å². The van der Waals surface area contributed by atoms with Gasteiger partial charge in [-0.1, -0.05) is 12.1 Å². The Morgan fingerprint density at radius 2 is 1.95 bits per heavy atom. The number of nitrogens with zero attached hydrogens (tertiary/aromatic N) is 1. The molecule has 0 heterocycles. The van der Waals surface area contributed by atoms with E-state index in [1.165, 1.54) is 13.0 Å². The number of carbonyl (C=O) groups is 1. The van der Waals surface area contributed by atoms with Gasteiger partial charge in [-0.15, -0.1) is 0 Å². The lowest BCUT2D eigenvalue weighted by Gasteiger charge is -2.10. The first kappa shape index (κ1) is 14.7. The molecule has 0 unspecified atom stereocenters. The van der Waals surface area contributed by atoms with Crippen LogP contribution in [0.15, 0.2) is 42.5 Å². The zero-order valence-electron chi connectivity index (χ0n) is 11.8. The number of carbonyl (C=O) groups excluding carboxylic acids is 1. The van der Waals surface area contributed by atoms with E-state index in [-0.39, 0.29) is 18.1 Å². The van der Waals surface area contributed by atoms with E-state index in [1.807, 2.05) is 6.92 Å².